The van der Waals surface area contributed by atoms with Crippen molar-refractivity contribution in [2.75, 3.05) is 12.3 Å². The van der Waals surface area contributed by atoms with Crippen LogP contribution in [-0.4, -0.2) is 23.5 Å². The van der Waals surface area contributed by atoms with Crippen LogP contribution in [-0.2, 0) is 4.79 Å². The summed E-state index contributed by atoms with van der Waals surface area (Å²) in [6.07, 6.45) is 4.12. The fourth-order valence-electron chi connectivity index (χ4n) is 2.73. The molecule has 1 saturated carbocycles. The van der Waals surface area contributed by atoms with Gasteiger partial charge in [0.05, 0.1) is 5.41 Å². The first kappa shape index (κ1) is 14.4. The molecule has 1 fully saturated rings. The molecule has 0 unspecified atom stereocenters. The van der Waals surface area contributed by atoms with Crippen LogP contribution in [0.25, 0.3) is 0 Å². The molecule has 1 aliphatic carbocycles. The Bertz CT molecular complexity index is 508. The van der Waals surface area contributed by atoms with Gasteiger partial charge in [-0.2, -0.15) is 0 Å². The zero-order chi connectivity index (χ0) is 14.6. The Balaban J connectivity index is 2.02. The number of nitrogens with one attached hydrogen (secondary N) is 1. The molecule has 0 atom stereocenters. The predicted octanol–water partition coefficient (Wildman–Crippen LogP) is 2.03. The smallest absolute Gasteiger partial charge is 0.311 e. The van der Waals surface area contributed by atoms with Crippen molar-refractivity contribution in [3.8, 4) is 0 Å². The maximum Gasteiger partial charge on any atom is 0.311 e. The Kier molecular flexibility index (Phi) is 4.27. The summed E-state index contributed by atoms with van der Waals surface area (Å²) in [6.45, 7) is 0.177. The zero-order valence-electron chi connectivity index (χ0n) is 11.4. The van der Waals surface area contributed by atoms with Gasteiger partial charge in [0, 0.05) is 17.8 Å². The molecule has 5 heteroatoms. The number of hydrogen-bond acceptors (Lipinski definition) is 3. The Labute approximate surface area is 118 Å². The van der Waals surface area contributed by atoms with Crippen LogP contribution in [0, 0.1) is 5.41 Å². The van der Waals surface area contributed by atoms with E-state index in [4.69, 9.17) is 5.73 Å². The molecule has 0 spiro atoms. The van der Waals surface area contributed by atoms with E-state index in [0.29, 0.717) is 24.1 Å². The standard InChI is InChI=1S/C15H20N2O3/c16-12-6-4-5-11(9-12)13(18)17-10-15(14(19)20)7-2-1-3-8-15/h4-6,9H,1-3,7-8,10,16H2,(H,17,18)(H,19,20). The molecule has 1 aromatic rings. The van der Waals surface area contributed by atoms with Crippen LogP contribution in [0.3, 0.4) is 0 Å². The van der Waals surface area contributed by atoms with Crippen LogP contribution in [0.1, 0.15) is 42.5 Å². The van der Waals surface area contributed by atoms with E-state index in [-0.39, 0.29) is 12.5 Å². The molecule has 20 heavy (non-hydrogen) atoms. The van der Waals surface area contributed by atoms with Gasteiger partial charge >= 0.3 is 5.97 Å². The summed E-state index contributed by atoms with van der Waals surface area (Å²) < 4.78 is 0. The third-order valence-corrected chi connectivity index (χ3v) is 4.00. The van der Waals surface area contributed by atoms with Gasteiger partial charge in [-0.05, 0) is 31.0 Å². The molecule has 0 heterocycles. The van der Waals surface area contributed by atoms with Gasteiger partial charge in [0.25, 0.3) is 5.91 Å². The summed E-state index contributed by atoms with van der Waals surface area (Å²) in [5.74, 6) is -1.09. The summed E-state index contributed by atoms with van der Waals surface area (Å²) in [6, 6.07) is 6.66. The molecule has 2 rings (SSSR count). The van der Waals surface area contributed by atoms with Crippen LogP contribution in [0.15, 0.2) is 24.3 Å². The summed E-state index contributed by atoms with van der Waals surface area (Å²) in [5.41, 5.74) is 5.80. The molecular formula is C15H20N2O3. The quantitative estimate of drug-likeness (QED) is 0.734. The fraction of sp³-hybridized carbons (Fsp3) is 0.467. The number of rotatable bonds is 4. The van der Waals surface area contributed by atoms with Crippen molar-refractivity contribution in [2.24, 2.45) is 5.41 Å². The lowest BCUT2D eigenvalue weighted by Crippen LogP contribution is -2.44. The number of nitrogens with two attached hydrogens (primary N) is 1. The SMILES string of the molecule is Nc1cccc(C(=O)NCC2(C(=O)O)CCCCC2)c1. The molecule has 0 radical (unpaired) electrons. The molecule has 108 valence electrons. The lowest BCUT2D eigenvalue weighted by Gasteiger charge is -2.33. The minimum Gasteiger partial charge on any atom is -0.481 e. The normalized spacial score (nSPS) is 17.4. The monoisotopic (exact) mass is 276 g/mol. The minimum absolute atomic E-state index is 0.177. The van der Waals surface area contributed by atoms with Gasteiger partial charge in [-0.15, -0.1) is 0 Å². The fourth-order valence-corrected chi connectivity index (χ4v) is 2.73. The van der Waals surface area contributed by atoms with E-state index in [1.807, 2.05) is 0 Å². The van der Waals surface area contributed by atoms with Gasteiger partial charge in [0.2, 0.25) is 0 Å². The second-order valence-corrected chi connectivity index (χ2v) is 5.45. The van der Waals surface area contributed by atoms with E-state index in [1.165, 1.54) is 0 Å². The Morgan fingerprint density at radius 2 is 1.95 bits per heavy atom. The van der Waals surface area contributed by atoms with E-state index < -0.39 is 11.4 Å². The lowest BCUT2D eigenvalue weighted by atomic mass is 9.74. The van der Waals surface area contributed by atoms with Gasteiger partial charge in [0.15, 0.2) is 0 Å². The highest BCUT2D eigenvalue weighted by Crippen LogP contribution is 2.36. The number of anilines is 1. The molecular weight excluding hydrogens is 256 g/mol. The van der Waals surface area contributed by atoms with Gasteiger partial charge in [-0.3, -0.25) is 9.59 Å². The van der Waals surface area contributed by atoms with Crippen LogP contribution in [0.5, 0.6) is 0 Å². The topological polar surface area (TPSA) is 92.4 Å². The third-order valence-electron chi connectivity index (χ3n) is 4.00. The Morgan fingerprint density at radius 3 is 2.55 bits per heavy atom. The van der Waals surface area contributed by atoms with Crippen LogP contribution in [0.4, 0.5) is 5.69 Å². The van der Waals surface area contributed by atoms with E-state index in [0.717, 1.165) is 19.3 Å². The van der Waals surface area contributed by atoms with Crippen molar-refractivity contribution in [1.82, 2.24) is 5.32 Å². The van der Waals surface area contributed by atoms with E-state index in [1.54, 1.807) is 24.3 Å². The number of amides is 1. The number of carbonyl (C=O) groups is 2. The van der Waals surface area contributed by atoms with Gasteiger partial charge < -0.3 is 16.2 Å². The van der Waals surface area contributed by atoms with E-state index in [2.05, 4.69) is 5.32 Å². The van der Waals surface area contributed by atoms with Crippen molar-refractivity contribution < 1.29 is 14.7 Å². The molecule has 1 aromatic carbocycles. The summed E-state index contributed by atoms with van der Waals surface area (Å²) in [4.78, 5) is 23.6. The summed E-state index contributed by atoms with van der Waals surface area (Å²) >= 11 is 0. The zero-order valence-corrected chi connectivity index (χ0v) is 11.4. The number of aliphatic carboxylic acids is 1. The Hall–Kier alpha value is -2.04. The first-order chi connectivity index (χ1) is 9.53. The van der Waals surface area contributed by atoms with Crippen molar-refractivity contribution in [3.63, 3.8) is 0 Å². The molecule has 4 N–H and O–H groups in total. The van der Waals surface area contributed by atoms with Crippen molar-refractivity contribution in [1.29, 1.82) is 0 Å². The highest BCUT2D eigenvalue weighted by atomic mass is 16.4. The van der Waals surface area contributed by atoms with E-state index in [9.17, 15) is 14.7 Å². The average Bonchev–Trinajstić information content (AvgIpc) is 2.45. The molecule has 0 bridgehead atoms. The van der Waals surface area contributed by atoms with Gasteiger partial charge in [0.1, 0.15) is 0 Å². The predicted molar refractivity (Wildman–Crippen MR) is 76.3 cm³/mol. The molecule has 1 aliphatic rings. The second-order valence-electron chi connectivity index (χ2n) is 5.45. The number of hydrogen-bond donors (Lipinski definition) is 3. The number of carboxylic acids is 1. The molecule has 0 saturated heterocycles. The second kappa shape index (κ2) is 5.94. The maximum atomic E-state index is 12.0. The van der Waals surface area contributed by atoms with Crippen LogP contribution in [0.2, 0.25) is 0 Å². The van der Waals surface area contributed by atoms with E-state index >= 15 is 0 Å². The highest BCUT2D eigenvalue weighted by molar-refractivity contribution is 5.95. The maximum absolute atomic E-state index is 12.0. The first-order valence-electron chi connectivity index (χ1n) is 6.91. The summed E-state index contributed by atoms with van der Waals surface area (Å²) in [5, 5.41) is 12.2. The Morgan fingerprint density at radius 1 is 1.25 bits per heavy atom. The summed E-state index contributed by atoms with van der Waals surface area (Å²) in [7, 11) is 0. The molecule has 1 amide bonds. The van der Waals surface area contributed by atoms with Gasteiger partial charge in [-0.1, -0.05) is 25.3 Å². The molecule has 0 aliphatic heterocycles. The van der Waals surface area contributed by atoms with Crippen LogP contribution >= 0.6 is 0 Å². The highest BCUT2D eigenvalue weighted by Gasteiger charge is 2.39. The van der Waals surface area contributed by atoms with Crippen molar-refractivity contribution in [3.05, 3.63) is 29.8 Å². The van der Waals surface area contributed by atoms with Crippen molar-refractivity contribution in [2.45, 2.75) is 32.1 Å². The number of nitrogen functional groups attached to an aromatic ring is 1. The first-order valence-corrected chi connectivity index (χ1v) is 6.91. The molecule has 5 nitrogen and oxygen atoms in total. The molecule has 0 aromatic heterocycles. The van der Waals surface area contributed by atoms with Gasteiger partial charge in [-0.25, -0.2) is 0 Å². The number of benzene rings is 1. The number of carbonyl (C=O) groups excluding carboxylic acids is 1. The lowest BCUT2D eigenvalue weighted by molar-refractivity contribution is -0.150. The third kappa shape index (κ3) is 3.10. The van der Waals surface area contributed by atoms with Crippen molar-refractivity contribution >= 4 is 17.6 Å². The largest absolute Gasteiger partial charge is 0.481 e. The van der Waals surface area contributed by atoms with Crippen LogP contribution < -0.4 is 11.1 Å². The minimum atomic E-state index is -0.815. The average molecular weight is 276 g/mol. The number of carboxylic acid groups (broad SMARTS) is 1.